The number of benzene rings is 1. The molecule has 0 N–H and O–H groups in total. The molecular formula is C33H33ClN4O7. The molecule has 12 heteroatoms. The topological polar surface area (TPSA) is 124 Å². The molecule has 0 aliphatic heterocycles. The Labute approximate surface area is 266 Å². The molecule has 11 nitrogen and oxygen atoms in total. The van der Waals surface area contributed by atoms with Gasteiger partial charge in [-0.1, -0.05) is 6.07 Å². The number of aryl methyl sites for hydroxylation is 1. The van der Waals surface area contributed by atoms with E-state index in [1.807, 2.05) is 31.2 Å². The second-order valence-corrected chi connectivity index (χ2v) is 9.78. The van der Waals surface area contributed by atoms with Crippen LogP contribution >= 0.6 is 12.4 Å². The molecule has 0 aliphatic carbocycles. The zero-order valence-electron chi connectivity index (χ0n) is 25.5. The summed E-state index contributed by atoms with van der Waals surface area (Å²) < 4.78 is 29.5. The largest absolute Gasteiger partial charge is 0.493 e. The van der Waals surface area contributed by atoms with Gasteiger partial charge in [-0.15, -0.1) is 12.4 Å². The predicted octanol–water partition coefficient (Wildman–Crippen LogP) is 5.07. The van der Waals surface area contributed by atoms with Crippen LogP contribution in [0.4, 0.5) is 0 Å². The highest BCUT2D eigenvalue weighted by Crippen LogP contribution is 2.44. The van der Waals surface area contributed by atoms with Crippen LogP contribution in [0.3, 0.4) is 0 Å². The molecule has 0 spiro atoms. The van der Waals surface area contributed by atoms with E-state index in [2.05, 4.69) is 15.0 Å². The Balaban J connectivity index is 0.00000461. The van der Waals surface area contributed by atoms with Crippen LogP contribution in [-0.4, -0.2) is 60.5 Å². The predicted molar refractivity (Wildman–Crippen MR) is 171 cm³/mol. The van der Waals surface area contributed by atoms with Crippen LogP contribution in [0.2, 0.25) is 0 Å². The second kappa shape index (κ2) is 14.5. The molecule has 0 fully saturated rings. The molecule has 0 saturated heterocycles. The third kappa shape index (κ3) is 6.68. The molecule has 45 heavy (non-hydrogen) atoms. The summed E-state index contributed by atoms with van der Waals surface area (Å²) in [7, 11) is 5.79. The lowest BCUT2D eigenvalue weighted by molar-refractivity contribution is 0.0588. The van der Waals surface area contributed by atoms with Gasteiger partial charge in [-0.05, 0) is 60.5 Å². The SMILES string of the molecule is COC(=O)c1c(-c2cc(OC)c(OC)c(OC)c2)c2ccnc(OCCc3ccccn3)c2c(=O)n1Cc1ccnc(C)c1.Cl. The standard InChI is InChI=1S/C33H32N4O7.ClH/c1-20-16-21(9-13-34-20)19-37-29(33(39)43-5)27(22-17-25(40-2)30(42-4)26(18-22)41-3)24-10-14-36-31(28(24)32(37)38)44-15-11-23-8-6-7-12-35-23;/h6-10,12-14,16-18H,11,15,19H2,1-5H3;1H. The summed E-state index contributed by atoms with van der Waals surface area (Å²) in [5.74, 6) is 0.549. The summed E-state index contributed by atoms with van der Waals surface area (Å²) in [4.78, 5) is 41.0. The maximum Gasteiger partial charge on any atom is 0.355 e. The van der Waals surface area contributed by atoms with E-state index in [9.17, 15) is 9.59 Å². The van der Waals surface area contributed by atoms with Gasteiger partial charge in [0.1, 0.15) is 11.1 Å². The molecule has 0 atom stereocenters. The number of fused-ring (bicyclic) bond motifs is 1. The first-order chi connectivity index (χ1) is 21.4. The average molecular weight is 633 g/mol. The zero-order chi connectivity index (χ0) is 31.2. The fourth-order valence-corrected chi connectivity index (χ4v) is 5.13. The summed E-state index contributed by atoms with van der Waals surface area (Å²) in [5, 5.41) is 0.644. The molecule has 0 bridgehead atoms. The Morgan fingerprint density at radius 1 is 0.867 bits per heavy atom. The molecule has 234 valence electrons. The Kier molecular flexibility index (Phi) is 10.6. The van der Waals surface area contributed by atoms with Gasteiger partial charge >= 0.3 is 5.97 Å². The molecule has 0 aliphatic rings. The fourth-order valence-electron chi connectivity index (χ4n) is 5.13. The van der Waals surface area contributed by atoms with Crippen molar-refractivity contribution in [2.24, 2.45) is 0 Å². The van der Waals surface area contributed by atoms with Crippen molar-refractivity contribution in [3.05, 3.63) is 100 Å². The van der Waals surface area contributed by atoms with E-state index in [1.165, 1.54) is 39.2 Å². The van der Waals surface area contributed by atoms with Crippen LogP contribution in [0.1, 0.15) is 27.4 Å². The molecule has 4 aromatic heterocycles. The molecule has 1 aromatic carbocycles. The van der Waals surface area contributed by atoms with Crippen LogP contribution in [0.5, 0.6) is 23.1 Å². The number of ether oxygens (including phenoxy) is 5. The lowest BCUT2D eigenvalue weighted by Gasteiger charge is -2.21. The number of pyridine rings is 4. The van der Waals surface area contributed by atoms with Crippen LogP contribution in [-0.2, 0) is 17.7 Å². The highest BCUT2D eigenvalue weighted by atomic mass is 35.5. The van der Waals surface area contributed by atoms with Gasteiger partial charge in [0, 0.05) is 47.3 Å². The second-order valence-electron chi connectivity index (χ2n) is 9.78. The Hall–Kier alpha value is -5.16. The van der Waals surface area contributed by atoms with Crippen molar-refractivity contribution in [2.45, 2.75) is 19.9 Å². The zero-order valence-corrected chi connectivity index (χ0v) is 26.3. The monoisotopic (exact) mass is 632 g/mol. The van der Waals surface area contributed by atoms with Crippen molar-refractivity contribution in [1.29, 1.82) is 0 Å². The first-order valence-corrected chi connectivity index (χ1v) is 13.8. The highest BCUT2D eigenvalue weighted by Gasteiger charge is 2.28. The minimum Gasteiger partial charge on any atom is -0.493 e. The number of hydrogen-bond acceptors (Lipinski definition) is 10. The van der Waals surface area contributed by atoms with Crippen LogP contribution in [0.15, 0.2) is 71.9 Å². The molecule has 5 rings (SSSR count). The molecule has 0 amide bonds. The van der Waals surface area contributed by atoms with Crippen molar-refractivity contribution < 1.29 is 28.5 Å². The number of hydrogen-bond donors (Lipinski definition) is 0. The minimum atomic E-state index is -0.701. The summed E-state index contributed by atoms with van der Waals surface area (Å²) in [5.41, 5.74) is 2.88. The minimum absolute atomic E-state index is 0. The van der Waals surface area contributed by atoms with Gasteiger partial charge in [0.25, 0.3) is 5.56 Å². The lowest BCUT2D eigenvalue weighted by Crippen LogP contribution is -2.29. The first kappa shape index (κ1) is 32.7. The number of methoxy groups -OCH3 is 4. The summed E-state index contributed by atoms with van der Waals surface area (Å²) in [6.07, 6.45) is 5.41. The molecule has 0 radical (unpaired) electrons. The van der Waals surface area contributed by atoms with Gasteiger partial charge in [0.2, 0.25) is 11.6 Å². The average Bonchev–Trinajstić information content (AvgIpc) is 3.05. The van der Waals surface area contributed by atoms with Crippen LogP contribution in [0, 0.1) is 6.92 Å². The number of aromatic nitrogens is 4. The van der Waals surface area contributed by atoms with E-state index in [1.54, 1.807) is 36.7 Å². The van der Waals surface area contributed by atoms with Gasteiger partial charge in [-0.25, -0.2) is 9.78 Å². The number of nitrogens with zero attached hydrogens (tertiary/aromatic N) is 4. The quantitative estimate of drug-likeness (QED) is 0.182. The molecule has 0 saturated carbocycles. The number of esters is 1. The summed E-state index contributed by atoms with van der Waals surface area (Å²) >= 11 is 0. The number of rotatable bonds is 11. The Morgan fingerprint density at radius 2 is 1.60 bits per heavy atom. The van der Waals surface area contributed by atoms with Crippen LogP contribution in [0.25, 0.3) is 21.9 Å². The summed E-state index contributed by atoms with van der Waals surface area (Å²) in [6, 6.07) is 14.4. The molecule has 5 aromatic rings. The fraction of sp³-hybridized carbons (Fsp3) is 0.242. The highest BCUT2D eigenvalue weighted by molar-refractivity contribution is 6.08. The lowest BCUT2D eigenvalue weighted by atomic mass is 9.96. The molecular weight excluding hydrogens is 600 g/mol. The van der Waals surface area contributed by atoms with E-state index in [0.717, 1.165) is 17.0 Å². The Bertz CT molecular complexity index is 1850. The smallest absolute Gasteiger partial charge is 0.355 e. The van der Waals surface area contributed by atoms with Crippen LogP contribution < -0.4 is 24.5 Å². The normalized spacial score (nSPS) is 10.6. The van der Waals surface area contributed by atoms with E-state index in [4.69, 9.17) is 23.7 Å². The van der Waals surface area contributed by atoms with Crippen molar-refractivity contribution >= 4 is 29.1 Å². The number of carbonyl (C=O) groups is 1. The third-order valence-corrected chi connectivity index (χ3v) is 7.11. The van der Waals surface area contributed by atoms with E-state index in [-0.39, 0.29) is 42.5 Å². The van der Waals surface area contributed by atoms with Gasteiger partial charge in [0.15, 0.2) is 11.5 Å². The van der Waals surface area contributed by atoms with Gasteiger partial charge in [-0.3, -0.25) is 19.3 Å². The van der Waals surface area contributed by atoms with Gasteiger partial charge in [-0.2, -0.15) is 0 Å². The first-order valence-electron chi connectivity index (χ1n) is 13.8. The van der Waals surface area contributed by atoms with Gasteiger partial charge in [0.05, 0.1) is 41.6 Å². The maximum atomic E-state index is 14.4. The molecule has 0 unspecified atom stereocenters. The van der Waals surface area contributed by atoms with E-state index in [0.29, 0.717) is 40.2 Å². The van der Waals surface area contributed by atoms with Crippen molar-refractivity contribution in [2.75, 3.05) is 35.0 Å². The van der Waals surface area contributed by atoms with Crippen molar-refractivity contribution in [3.63, 3.8) is 0 Å². The maximum absolute atomic E-state index is 14.4. The number of carbonyl (C=O) groups excluding carboxylic acids is 1. The van der Waals surface area contributed by atoms with E-state index < -0.39 is 11.5 Å². The summed E-state index contributed by atoms with van der Waals surface area (Å²) in [6.45, 7) is 2.14. The number of halogens is 1. The van der Waals surface area contributed by atoms with E-state index >= 15 is 0 Å². The molecule has 4 heterocycles. The van der Waals surface area contributed by atoms with Crippen molar-refractivity contribution in [3.8, 4) is 34.3 Å². The van der Waals surface area contributed by atoms with Crippen molar-refractivity contribution in [1.82, 2.24) is 19.5 Å². The third-order valence-electron chi connectivity index (χ3n) is 7.11. The van der Waals surface area contributed by atoms with Gasteiger partial charge < -0.3 is 23.7 Å². The Morgan fingerprint density at radius 3 is 2.22 bits per heavy atom.